The molecule has 0 spiro atoms. The molecule has 0 aliphatic heterocycles. The molecule has 0 bridgehead atoms. The van der Waals surface area contributed by atoms with Crippen molar-refractivity contribution < 1.29 is 0 Å². The maximum atomic E-state index is 8.84. The standard InChI is InChI=1S/C10H8ClN3.C2H6/c1-6-3-9(11)14-10(6)7(2)8(4-12)5-13-14;1-2/h3,5H,1-2H3;1-2H3. The maximum Gasteiger partial charge on any atom is 0.131 e. The molecule has 0 aliphatic carbocycles. The summed E-state index contributed by atoms with van der Waals surface area (Å²) in [6.07, 6.45) is 1.54. The topological polar surface area (TPSA) is 41.1 Å². The van der Waals surface area contributed by atoms with Crippen LogP contribution in [0.2, 0.25) is 5.15 Å². The van der Waals surface area contributed by atoms with E-state index in [1.807, 2.05) is 33.8 Å². The second-order valence-electron chi connectivity index (χ2n) is 3.21. The molecule has 3 nitrogen and oxygen atoms in total. The third-order valence-electron chi connectivity index (χ3n) is 2.31. The lowest BCUT2D eigenvalue weighted by Gasteiger charge is -2.01. The lowest BCUT2D eigenvalue weighted by atomic mass is 10.1. The molecule has 0 fully saturated rings. The summed E-state index contributed by atoms with van der Waals surface area (Å²) in [6, 6.07) is 3.95. The van der Waals surface area contributed by atoms with E-state index in [9.17, 15) is 0 Å². The number of fused-ring (bicyclic) bond motifs is 1. The molecule has 0 atom stereocenters. The zero-order chi connectivity index (χ0) is 12.3. The number of rotatable bonds is 0. The molecule has 0 aromatic carbocycles. The van der Waals surface area contributed by atoms with Crippen LogP contribution in [0.4, 0.5) is 0 Å². The van der Waals surface area contributed by atoms with Crippen molar-refractivity contribution in [1.29, 1.82) is 5.26 Å². The average molecular weight is 236 g/mol. The SMILES string of the molecule is CC.Cc1cc(Cl)n2ncc(C#N)c(C)c12. The Balaban J connectivity index is 0.000000606. The Morgan fingerprint density at radius 3 is 2.56 bits per heavy atom. The average Bonchev–Trinajstić information content (AvgIpc) is 2.58. The summed E-state index contributed by atoms with van der Waals surface area (Å²) < 4.78 is 1.65. The number of halogens is 1. The molecule has 4 heteroatoms. The van der Waals surface area contributed by atoms with Crippen LogP contribution >= 0.6 is 11.6 Å². The highest BCUT2D eigenvalue weighted by atomic mass is 35.5. The molecule has 2 heterocycles. The van der Waals surface area contributed by atoms with Crippen LogP contribution in [0.15, 0.2) is 12.3 Å². The quantitative estimate of drug-likeness (QED) is 0.701. The first kappa shape index (κ1) is 12.5. The number of aromatic nitrogens is 2. The fourth-order valence-corrected chi connectivity index (χ4v) is 1.89. The summed E-state index contributed by atoms with van der Waals surface area (Å²) in [4.78, 5) is 0. The Labute approximate surface area is 100 Å². The number of aryl methyl sites for hydroxylation is 2. The number of nitrogens with zero attached hydrogens (tertiary/aromatic N) is 3. The smallest absolute Gasteiger partial charge is 0.131 e. The Morgan fingerprint density at radius 1 is 1.38 bits per heavy atom. The Hall–Kier alpha value is -1.53. The molecular formula is C12H14ClN3. The molecule has 0 saturated carbocycles. The summed E-state index contributed by atoms with van der Waals surface area (Å²) in [7, 11) is 0. The second-order valence-corrected chi connectivity index (χ2v) is 3.59. The lowest BCUT2D eigenvalue weighted by molar-refractivity contribution is 0.928. The third kappa shape index (κ3) is 1.89. The van der Waals surface area contributed by atoms with E-state index in [0.29, 0.717) is 10.7 Å². The Kier molecular flexibility index (Phi) is 3.92. The van der Waals surface area contributed by atoms with E-state index in [4.69, 9.17) is 16.9 Å². The van der Waals surface area contributed by atoms with Crippen LogP contribution in [0.3, 0.4) is 0 Å². The summed E-state index contributed by atoms with van der Waals surface area (Å²) in [6.45, 7) is 7.86. The first-order chi connectivity index (χ1) is 7.65. The third-order valence-corrected chi connectivity index (χ3v) is 2.57. The van der Waals surface area contributed by atoms with Gasteiger partial charge in [0.1, 0.15) is 11.2 Å². The first-order valence-corrected chi connectivity index (χ1v) is 5.56. The van der Waals surface area contributed by atoms with Crippen molar-refractivity contribution in [3.05, 3.63) is 34.1 Å². The predicted octanol–water partition coefficient (Wildman–Crippen LogP) is 3.50. The summed E-state index contributed by atoms with van der Waals surface area (Å²) >= 11 is 5.96. The monoisotopic (exact) mass is 235 g/mol. The van der Waals surface area contributed by atoms with E-state index < -0.39 is 0 Å². The van der Waals surface area contributed by atoms with Gasteiger partial charge in [0.25, 0.3) is 0 Å². The molecule has 0 unspecified atom stereocenters. The van der Waals surface area contributed by atoms with Crippen LogP contribution in [0.1, 0.15) is 30.5 Å². The molecule has 0 radical (unpaired) electrons. The van der Waals surface area contributed by atoms with E-state index in [1.54, 1.807) is 4.52 Å². The summed E-state index contributed by atoms with van der Waals surface area (Å²) in [5.41, 5.74) is 3.48. The fourth-order valence-electron chi connectivity index (χ4n) is 1.60. The molecule has 2 rings (SSSR count). The van der Waals surface area contributed by atoms with Gasteiger partial charge in [0.2, 0.25) is 0 Å². The zero-order valence-corrected chi connectivity index (χ0v) is 10.6. The highest BCUT2D eigenvalue weighted by molar-refractivity contribution is 6.30. The number of nitriles is 1. The molecule has 0 amide bonds. The molecule has 2 aromatic rings. The van der Waals surface area contributed by atoms with Crippen molar-refractivity contribution in [3.63, 3.8) is 0 Å². The highest BCUT2D eigenvalue weighted by Crippen LogP contribution is 2.23. The van der Waals surface area contributed by atoms with Gasteiger partial charge in [-0.05, 0) is 31.0 Å². The minimum atomic E-state index is 0.574. The second kappa shape index (κ2) is 5.00. The van der Waals surface area contributed by atoms with Gasteiger partial charge in [-0.15, -0.1) is 0 Å². The van der Waals surface area contributed by atoms with Gasteiger partial charge in [0.05, 0.1) is 17.3 Å². The fraction of sp³-hybridized carbons (Fsp3) is 0.333. The van der Waals surface area contributed by atoms with Crippen molar-refractivity contribution in [2.45, 2.75) is 27.7 Å². The van der Waals surface area contributed by atoms with Crippen LogP contribution < -0.4 is 0 Å². The van der Waals surface area contributed by atoms with Gasteiger partial charge in [-0.1, -0.05) is 25.4 Å². The van der Waals surface area contributed by atoms with Crippen LogP contribution in [0.5, 0.6) is 0 Å². The number of hydrogen-bond donors (Lipinski definition) is 0. The minimum Gasteiger partial charge on any atom is -0.222 e. The largest absolute Gasteiger partial charge is 0.222 e. The maximum absolute atomic E-state index is 8.84. The van der Waals surface area contributed by atoms with E-state index in [0.717, 1.165) is 16.6 Å². The van der Waals surface area contributed by atoms with Gasteiger partial charge in [0.15, 0.2) is 0 Å². The van der Waals surface area contributed by atoms with Crippen LogP contribution in [0, 0.1) is 25.2 Å². The first-order valence-electron chi connectivity index (χ1n) is 5.18. The van der Waals surface area contributed by atoms with Crippen LogP contribution in [-0.4, -0.2) is 9.61 Å². The van der Waals surface area contributed by atoms with Crippen LogP contribution in [0.25, 0.3) is 5.52 Å². The molecular weight excluding hydrogens is 222 g/mol. The van der Waals surface area contributed by atoms with Gasteiger partial charge in [-0.25, -0.2) is 4.52 Å². The highest BCUT2D eigenvalue weighted by Gasteiger charge is 2.10. The van der Waals surface area contributed by atoms with Gasteiger partial charge in [-0.3, -0.25) is 0 Å². The zero-order valence-electron chi connectivity index (χ0n) is 9.87. The lowest BCUT2D eigenvalue weighted by Crippen LogP contribution is -1.96. The van der Waals surface area contributed by atoms with Crippen molar-refractivity contribution in [3.8, 4) is 6.07 Å². The molecule has 2 aromatic heterocycles. The van der Waals surface area contributed by atoms with Gasteiger partial charge < -0.3 is 0 Å². The van der Waals surface area contributed by atoms with Crippen LogP contribution in [-0.2, 0) is 0 Å². The molecule has 16 heavy (non-hydrogen) atoms. The summed E-state index contributed by atoms with van der Waals surface area (Å²) in [5, 5.41) is 13.5. The van der Waals surface area contributed by atoms with E-state index in [-0.39, 0.29) is 0 Å². The normalized spacial score (nSPS) is 9.50. The molecule has 84 valence electrons. The van der Waals surface area contributed by atoms with E-state index in [1.165, 1.54) is 6.20 Å². The minimum absolute atomic E-state index is 0.574. The van der Waals surface area contributed by atoms with Crippen molar-refractivity contribution in [1.82, 2.24) is 9.61 Å². The Morgan fingerprint density at radius 2 is 2.00 bits per heavy atom. The van der Waals surface area contributed by atoms with E-state index >= 15 is 0 Å². The van der Waals surface area contributed by atoms with Gasteiger partial charge in [-0.2, -0.15) is 10.4 Å². The van der Waals surface area contributed by atoms with Crippen molar-refractivity contribution in [2.24, 2.45) is 0 Å². The molecule has 0 saturated heterocycles. The molecule has 0 N–H and O–H groups in total. The van der Waals surface area contributed by atoms with Gasteiger partial charge >= 0.3 is 0 Å². The molecule has 0 aliphatic rings. The van der Waals surface area contributed by atoms with Crippen molar-refractivity contribution in [2.75, 3.05) is 0 Å². The van der Waals surface area contributed by atoms with E-state index in [2.05, 4.69) is 11.2 Å². The van der Waals surface area contributed by atoms with Gasteiger partial charge in [0, 0.05) is 0 Å². The Bertz CT molecular complexity index is 549. The van der Waals surface area contributed by atoms with Crippen molar-refractivity contribution >= 4 is 17.1 Å². The predicted molar refractivity (Wildman–Crippen MR) is 65.7 cm³/mol. The summed E-state index contributed by atoms with van der Waals surface area (Å²) in [5.74, 6) is 0. The number of hydrogen-bond acceptors (Lipinski definition) is 2.